The number of benzene rings is 2. The number of fused-ring (bicyclic) bond motifs is 1. The Morgan fingerprint density at radius 1 is 1.06 bits per heavy atom. The number of ether oxygens (including phenoxy) is 4. The number of rotatable bonds is 8. The lowest BCUT2D eigenvalue weighted by molar-refractivity contribution is -0.113. The Labute approximate surface area is 191 Å². The fraction of sp³-hybridized carbons (Fsp3) is 0.200. The fourth-order valence-corrected chi connectivity index (χ4v) is 4.30. The van der Waals surface area contributed by atoms with Gasteiger partial charge in [-0.25, -0.2) is 0 Å². The molecule has 0 spiro atoms. The first-order valence-electron chi connectivity index (χ1n) is 9.25. The largest absolute Gasteiger partial charge is 0.497 e. The molecule has 10 nitrogen and oxygen atoms in total. The summed E-state index contributed by atoms with van der Waals surface area (Å²) in [5.41, 5.74) is 0.914. The lowest BCUT2D eigenvalue weighted by atomic mass is 10.2. The lowest BCUT2D eigenvalue weighted by Crippen LogP contribution is -2.14. The normalized spacial score (nSPS) is 11.7. The van der Waals surface area contributed by atoms with Gasteiger partial charge in [0.05, 0.1) is 25.7 Å². The van der Waals surface area contributed by atoms with Gasteiger partial charge in [-0.1, -0.05) is 23.1 Å². The van der Waals surface area contributed by atoms with Crippen LogP contribution in [-0.4, -0.2) is 48.8 Å². The van der Waals surface area contributed by atoms with E-state index in [1.807, 2.05) is 0 Å². The SMILES string of the molecule is COc1ccc(OC)c(NC(=O)CSc2nnc(NC(=O)c3ccc4c(c3)OCO4)s2)c1. The summed E-state index contributed by atoms with van der Waals surface area (Å²) in [7, 11) is 3.06. The zero-order valence-electron chi connectivity index (χ0n) is 17.0. The Morgan fingerprint density at radius 3 is 2.72 bits per heavy atom. The van der Waals surface area contributed by atoms with E-state index in [4.69, 9.17) is 18.9 Å². The van der Waals surface area contributed by atoms with Crippen LogP contribution in [0, 0.1) is 0 Å². The van der Waals surface area contributed by atoms with Crippen LogP contribution in [0.1, 0.15) is 10.4 Å². The maximum absolute atomic E-state index is 12.4. The molecule has 166 valence electrons. The van der Waals surface area contributed by atoms with Gasteiger partial charge in [-0.3, -0.25) is 14.9 Å². The summed E-state index contributed by atoms with van der Waals surface area (Å²) in [4.78, 5) is 24.8. The molecule has 2 aromatic carbocycles. The molecule has 4 rings (SSSR count). The van der Waals surface area contributed by atoms with Crippen molar-refractivity contribution in [3.05, 3.63) is 42.0 Å². The van der Waals surface area contributed by atoms with Crippen LogP contribution in [0.2, 0.25) is 0 Å². The van der Waals surface area contributed by atoms with E-state index in [1.54, 1.807) is 43.5 Å². The smallest absolute Gasteiger partial charge is 0.257 e. The first kappa shape index (κ1) is 21.7. The maximum Gasteiger partial charge on any atom is 0.257 e. The molecule has 0 saturated heterocycles. The fourth-order valence-electron chi connectivity index (χ4n) is 2.75. The first-order chi connectivity index (χ1) is 15.6. The highest BCUT2D eigenvalue weighted by molar-refractivity contribution is 8.01. The number of carbonyl (C=O) groups is 2. The molecule has 1 aliphatic rings. The number of nitrogens with one attached hydrogen (secondary N) is 2. The Hall–Kier alpha value is -3.51. The van der Waals surface area contributed by atoms with E-state index in [0.29, 0.717) is 43.7 Å². The third-order valence-electron chi connectivity index (χ3n) is 4.27. The van der Waals surface area contributed by atoms with Crippen molar-refractivity contribution in [2.45, 2.75) is 4.34 Å². The number of nitrogens with zero attached hydrogens (tertiary/aromatic N) is 2. The van der Waals surface area contributed by atoms with Gasteiger partial charge in [0.2, 0.25) is 17.8 Å². The number of hydrogen-bond acceptors (Lipinski definition) is 10. The quantitative estimate of drug-likeness (QED) is 0.374. The molecule has 32 heavy (non-hydrogen) atoms. The molecule has 0 aliphatic carbocycles. The summed E-state index contributed by atoms with van der Waals surface area (Å²) in [6.45, 7) is 0.134. The number of methoxy groups -OCH3 is 2. The molecule has 3 aromatic rings. The van der Waals surface area contributed by atoms with Crippen LogP contribution in [0.3, 0.4) is 0 Å². The van der Waals surface area contributed by atoms with Crippen molar-refractivity contribution in [2.24, 2.45) is 0 Å². The lowest BCUT2D eigenvalue weighted by Gasteiger charge is -2.11. The molecule has 0 unspecified atom stereocenters. The molecule has 0 atom stereocenters. The average molecular weight is 475 g/mol. The number of anilines is 2. The summed E-state index contributed by atoms with van der Waals surface area (Å²) in [6.07, 6.45) is 0. The van der Waals surface area contributed by atoms with Crippen molar-refractivity contribution in [3.8, 4) is 23.0 Å². The topological polar surface area (TPSA) is 121 Å². The molecule has 12 heteroatoms. The standard InChI is InChI=1S/C20H18N4O6S2/c1-27-12-4-6-14(28-2)13(8-12)21-17(25)9-31-20-24-23-19(32-20)22-18(26)11-3-5-15-16(7-11)30-10-29-15/h3-8H,9-10H2,1-2H3,(H,21,25)(H,22,23,26). The summed E-state index contributed by atoms with van der Waals surface area (Å²) >= 11 is 2.38. The van der Waals surface area contributed by atoms with Gasteiger partial charge >= 0.3 is 0 Å². The molecule has 2 amide bonds. The predicted octanol–water partition coefficient (Wildman–Crippen LogP) is 3.27. The molecule has 2 heterocycles. The van der Waals surface area contributed by atoms with Gasteiger partial charge in [-0.05, 0) is 30.3 Å². The Balaban J connectivity index is 1.31. The van der Waals surface area contributed by atoms with E-state index >= 15 is 0 Å². The third kappa shape index (κ3) is 5.03. The van der Waals surface area contributed by atoms with Gasteiger partial charge in [0.1, 0.15) is 11.5 Å². The van der Waals surface area contributed by atoms with E-state index < -0.39 is 0 Å². The molecular formula is C20H18N4O6S2. The van der Waals surface area contributed by atoms with Crippen molar-refractivity contribution >= 4 is 45.7 Å². The predicted molar refractivity (Wildman–Crippen MR) is 119 cm³/mol. The Kier molecular flexibility index (Phi) is 6.61. The highest BCUT2D eigenvalue weighted by Crippen LogP contribution is 2.33. The van der Waals surface area contributed by atoms with Crippen LogP contribution in [0.5, 0.6) is 23.0 Å². The number of thioether (sulfide) groups is 1. The number of amides is 2. The molecule has 2 N–H and O–H groups in total. The van der Waals surface area contributed by atoms with E-state index in [0.717, 1.165) is 0 Å². The Bertz CT molecular complexity index is 1150. The van der Waals surface area contributed by atoms with Gasteiger partial charge < -0.3 is 24.3 Å². The van der Waals surface area contributed by atoms with Crippen LogP contribution in [-0.2, 0) is 4.79 Å². The minimum atomic E-state index is -0.348. The van der Waals surface area contributed by atoms with Gasteiger partial charge in [0.25, 0.3) is 5.91 Å². The van der Waals surface area contributed by atoms with E-state index in [2.05, 4.69) is 20.8 Å². The molecule has 0 fully saturated rings. The minimum Gasteiger partial charge on any atom is -0.497 e. The maximum atomic E-state index is 12.4. The zero-order valence-corrected chi connectivity index (χ0v) is 18.7. The van der Waals surface area contributed by atoms with Crippen LogP contribution in [0.4, 0.5) is 10.8 Å². The first-order valence-corrected chi connectivity index (χ1v) is 11.0. The van der Waals surface area contributed by atoms with E-state index in [9.17, 15) is 9.59 Å². The molecule has 1 aliphatic heterocycles. The number of carbonyl (C=O) groups excluding carboxylic acids is 2. The van der Waals surface area contributed by atoms with Crippen molar-refractivity contribution in [1.82, 2.24) is 10.2 Å². The second-order valence-corrected chi connectivity index (χ2v) is 8.50. The number of aromatic nitrogens is 2. The van der Waals surface area contributed by atoms with Crippen LogP contribution in [0.25, 0.3) is 0 Å². The zero-order chi connectivity index (χ0) is 22.5. The summed E-state index contributed by atoms with van der Waals surface area (Å²) in [5, 5.41) is 13.8. The third-order valence-corrected chi connectivity index (χ3v) is 6.24. The molecule has 0 radical (unpaired) electrons. The second-order valence-electron chi connectivity index (χ2n) is 6.30. The highest BCUT2D eigenvalue weighted by atomic mass is 32.2. The van der Waals surface area contributed by atoms with Crippen molar-refractivity contribution in [2.75, 3.05) is 37.4 Å². The van der Waals surface area contributed by atoms with E-state index in [1.165, 1.54) is 30.2 Å². The highest BCUT2D eigenvalue weighted by Gasteiger charge is 2.18. The summed E-state index contributed by atoms with van der Waals surface area (Å²) in [6, 6.07) is 10.0. The van der Waals surface area contributed by atoms with Gasteiger partial charge in [0.15, 0.2) is 15.8 Å². The minimum absolute atomic E-state index is 0.102. The van der Waals surface area contributed by atoms with Gasteiger partial charge in [-0.2, -0.15) is 0 Å². The molecule has 0 saturated carbocycles. The van der Waals surface area contributed by atoms with Crippen LogP contribution >= 0.6 is 23.1 Å². The van der Waals surface area contributed by atoms with Crippen molar-refractivity contribution in [3.63, 3.8) is 0 Å². The summed E-state index contributed by atoms with van der Waals surface area (Å²) in [5.74, 6) is 1.74. The van der Waals surface area contributed by atoms with Gasteiger partial charge in [-0.15, -0.1) is 10.2 Å². The van der Waals surface area contributed by atoms with Crippen molar-refractivity contribution in [1.29, 1.82) is 0 Å². The average Bonchev–Trinajstić information content (AvgIpc) is 3.46. The van der Waals surface area contributed by atoms with Gasteiger partial charge in [0, 0.05) is 11.6 Å². The van der Waals surface area contributed by atoms with E-state index in [-0.39, 0.29) is 24.4 Å². The Morgan fingerprint density at radius 2 is 1.91 bits per heavy atom. The molecule has 1 aromatic heterocycles. The summed E-state index contributed by atoms with van der Waals surface area (Å²) < 4.78 is 21.5. The number of hydrogen-bond donors (Lipinski definition) is 2. The van der Waals surface area contributed by atoms with Crippen LogP contribution in [0.15, 0.2) is 40.7 Å². The van der Waals surface area contributed by atoms with Crippen LogP contribution < -0.4 is 29.6 Å². The van der Waals surface area contributed by atoms with Crippen molar-refractivity contribution < 1.29 is 28.5 Å². The molecular weight excluding hydrogens is 456 g/mol. The second kappa shape index (κ2) is 9.75. The molecule has 0 bridgehead atoms. The monoisotopic (exact) mass is 474 g/mol.